The molecule has 10 heteroatoms. The average Bonchev–Trinajstić information content (AvgIpc) is 2.41. The highest BCUT2D eigenvalue weighted by Gasteiger charge is 2.38. The molecule has 0 fully saturated rings. The van der Waals surface area contributed by atoms with E-state index < -0.39 is 28.0 Å². The van der Waals surface area contributed by atoms with Crippen LogP contribution < -0.4 is 0 Å². The predicted molar refractivity (Wildman–Crippen MR) is 70.9 cm³/mol. The van der Waals surface area contributed by atoms with Gasteiger partial charge < -0.3 is 20.4 Å². The second-order valence-corrected chi connectivity index (χ2v) is 5.59. The van der Waals surface area contributed by atoms with Gasteiger partial charge in [-0.2, -0.15) is 0 Å². The zero-order valence-corrected chi connectivity index (χ0v) is 12.5. The van der Waals surface area contributed by atoms with Gasteiger partial charge in [-0.15, -0.1) is 23.2 Å². The Balaban J connectivity index is 0. The summed E-state index contributed by atoms with van der Waals surface area (Å²) in [5.41, 5.74) is -0.691. The van der Waals surface area contributed by atoms with E-state index in [1.165, 1.54) is 0 Å². The molecule has 0 atom stereocenters. The maximum absolute atomic E-state index is 9.92. The smallest absolute Gasteiger partial charge is 0.319 e. The molecule has 0 rings (SSSR count). The lowest BCUT2D eigenvalue weighted by Gasteiger charge is -2.23. The van der Waals surface area contributed by atoms with Crippen molar-refractivity contribution in [3.63, 3.8) is 0 Å². The van der Waals surface area contributed by atoms with Crippen molar-refractivity contribution in [3.8, 4) is 0 Å². The van der Waals surface area contributed by atoms with E-state index in [-0.39, 0.29) is 25.0 Å². The van der Waals surface area contributed by atoms with Crippen molar-refractivity contribution >= 4 is 39.1 Å². The van der Waals surface area contributed by atoms with Gasteiger partial charge in [0.2, 0.25) is 0 Å². The number of aliphatic hydroxyl groups excluding tert-OH is 4. The second kappa shape index (κ2) is 10.1. The summed E-state index contributed by atoms with van der Waals surface area (Å²) >= 11 is 13.4. The highest BCUT2D eigenvalue weighted by Crippen LogP contribution is 2.19. The van der Waals surface area contributed by atoms with Gasteiger partial charge in [0.05, 0.1) is 13.2 Å². The van der Waals surface area contributed by atoms with Crippen LogP contribution in [-0.2, 0) is 0 Å². The molecular weight excluding hydrogens is 357 g/mol. The van der Waals surface area contributed by atoms with E-state index in [4.69, 9.17) is 43.6 Å². The van der Waals surface area contributed by atoms with Crippen molar-refractivity contribution < 1.29 is 25.3 Å². The van der Waals surface area contributed by atoms with Crippen LogP contribution in [0.2, 0.25) is 0 Å². The number of alkyl halides is 3. The Morgan fingerprint density at radius 2 is 1.33 bits per heavy atom. The van der Waals surface area contributed by atoms with Gasteiger partial charge in [0.1, 0.15) is 13.2 Å². The summed E-state index contributed by atoms with van der Waals surface area (Å²) in [6.45, 7) is -1.79. The summed E-state index contributed by atoms with van der Waals surface area (Å²) in [7, 11) is 0. The summed E-state index contributed by atoms with van der Waals surface area (Å²) in [6.07, 6.45) is 0. The molecule has 0 aromatic rings. The van der Waals surface area contributed by atoms with Crippen molar-refractivity contribution in [2.24, 2.45) is 5.41 Å². The molecule has 0 radical (unpaired) electrons. The molecule has 0 aliphatic carbocycles. The SMILES string of the molecule is O=[N+]([O-])C(Br)(CO)CO.OCC(CO)(CCl)CCl. The predicted octanol–water partition coefficient (Wildman–Crippen LogP) is -0.226. The summed E-state index contributed by atoms with van der Waals surface area (Å²) in [6, 6.07) is 0. The standard InChI is InChI=1S/C5H10Cl2O2.C3H6BrNO4/c6-1-5(2-7,3-8)4-9;4-3(1-6,2-7)5(8)9/h8-9H,1-4H2;6-7H,1-2H2. The third kappa shape index (κ3) is 6.46. The van der Waals surface area contributed by atoms with Crippen LogP contribution in [-0.4, -0.2) is 68.0 Å². The van der Waals surface area contributed by atoms with Gasteiger partial charge in [-0.1, -0.05) is 0 Å². The fraction of sp³-hybridized carbons (Fsp3) is 1.00. The number of halogens is 3. The number of aliphatic hydroxyl groups is 4. The number of hydrogen-bond acceptors (Lipinski definition) is 6. The Labute approximate surface area is 123 Å². The van der Waals surface area contributed by atoms with E-state index in [1.807, 2.05) is 0 Å². The van der Waals surface area contributed by atoms with E-state index in [0.717, 1.165) is 0 Å². The van der Waals surface area contributed by atoms with Crippen LogP contribution in [0, 0.1) is 15.5 Å². The van der Waals surface area contributed by atoms with Crippen LogP contribution >= 0.6 is 39.1 Å². The Bertz CT molecular complexity index is 220. The molecular formula is C8H16BrCl2NO6. The topological polar surface area (TPSA) is 124 Å². The van der Waals surface area contributed by atoms with E-state index >= 15 is 0 Å². The van der Waals surface area contributed by atoms with Crippen molar-refractivity contribution in [2.75, 3.05) is 38.2 Å². The van der Waals surface area contributed by atoms with E-state index in [9.17, 15) is 10.1 Å². The molecule has 110 valence electrons. The van der Waals surface area contributed by atoms with Gasteiger partial charge >= 0.3 is 4.45 Å². The molecule has 0 spiro atoms. The minimum atomic E-state index is -1.77. The molecule has 0 aliphatic rings. The summed E-state index contributed by atoms with van der Waals surface area (Å²) < 4.78 is -1.77. The van der Waals surface area contributed by atoms with E-state index in [1.54, 1.807) is 0 Å². The molecule has 0 saturated heterocycles. The van der Waals surface area contributed by atoms with Crippen molar-refractivity contribution in [2.45, 2.75) is 4.45 Å². The van der Waals surface area contributed by atoms with Crippen LogP contribution in [0.1, 0.15) is 0 Å². The average molecular weight is 373 g/mol. The van der Waals surface area contributed by atoms with E-state index in [2.05, 4.69) is 15.9 Å². The maximum atomic E-state index is 9.92. The molecule has 0 unspecified atom stereocenters. The number of hydrogen-bond donors (Lipinski definition) is 4. The highest BCUT2D eigenvalue weighted by atomic mass is 79.9. The lowest BCUT2D eigenvalue weighted by Crippen LogP contribution is -2.39. The zero-order valence-electron chi connectivity index (χ0n) is 9.43. The van der Waals surface area contributed by atoms with Crippen LogP contribution in [0.5, 0.6) is 0 Å². The minimum Gasteiger partial charge on any atom is -0.396 e. The lowest BCUT2D eigenvalue weighted by molar-refractivity contribution is -0.542. The number of nitro groups is 1. The largest absolute Gasteiger partial charge is 0.396 e. The first-order chi connectivity index (χ1) is 8.31. The first-order valence-electron chi connectivity index (χ1n) is 4.70. The van der Waals surface area contributed by atoms with Gasteiger partial charge in [-0.3, -0.25) is 10.1 Å². The van der Waals surface area contributed by atoms with Crippen LogP contribution in [0.3, 0.4) is 0 Å². The van der Waals surface area contributed by atoms with Gasteiger partial charge in [0.25, 0.3) is 0 Å². The van der Waals surface area contributed by atoms with Crippen molar-refractivity contribution in [1.82, 2.24) is 0 Å². The first-order valence-corrected chi connectivity index (χ1v) is 6.56. The molecule has 4 N–H and O–H groups in total. The Morgan fingerprint density at radius 1 is 1.00 bits per heavy atom. The molecule has 18 heavy (non-hydrogen) atoms. The van der Waals surface area contributed by atoms with Crippen molar-refractivity contribution in [3.05, 3.63) is 10.1 Å². The third-order valence-electron chi connectivity index (χ3n) is 2.05. The summed E-state index contributed by atoms with van der Waals surface area (Å²) in [5, 5.41) is 43.8. The molecule has 0 aromatic carbocycles. The van der Waals surface area contributed by atoms with Gasteiger partial charge in [-0.05, 0) is 0 Å². The quantitative estimate of drug-likeness (QED) is 0.212. The molecule has 0 bridgehead atoms. The number of rotatable bonds is 7. The van der Waals surface area contributed by atoms with Gasteiger partial charge in [0, 0.05) is 38.0 Å². The van der Waals surface area contributed by atoms with Crippen LogP contribution in [0.4, 0.5) is 0 Å². The Morgan fingerprint density at radius 3 is 1.33 bits per heavy atom. The monoisotopic (exact) mass is 371 g/mol. The molecule has 0 saturated carbocycles. The fourth-order valence-electron chi connectivity index (χ4n) is 0.420. The van der Waals surface area contributed by atoms with Crippen molar-refractivity contribution in [1.29, 1.82) is 0 Å². The number of nitrogens with zero attached hydrogens (tertiary/aromatic N) is 1. The van der Waals surface area contributed by atoms with E-state index in [0.29, 0.717) is 0 Å². The normalized spacial score (nSPS) is 11.7. The summed E-state index contributed by atoms with van der Waals surface area (Å²) in [5.74, 6) is 0.368. The molecule has 0 heterocycles. The highest BCUT2D eigenvalue weighted by molar-refractivity contribution is 9.10. The first kappa shape index (κ1) is 20.6. The second-order valence-electron chi connectivity index (χ2n) is 3.57. The van der Waals surface area contributed by atoms with Gasteiger partial charge in [-0.25, -0.2) is 0 Å². The Kier molecular flexibility index (Phi) is 11.6. The molecule has 7 nitrogen and oxygen atoms in total. The Hall–Kier alpha value is 0.300. The van der Waals surface area contributed by atoms with Gasteiger partial charge in [0.15, 0.2) is 0 Å². The fourth-order valence-corrected chi connectivity index (χ4v) is 1.04. The molecule has 0 aromatic heterocycles. The maximum Gasteiger partial charge on any atom is 0.319 e. The third-order valence-corrected chi connectivity index (χ3v) is 3.97. The van der Waals surface area contributed by atoms with Crippen LogP contribution in [0.25, 0.3) is 0 Å². The molecule has 0 aliphatic heterocycles. The van der Waals surface area contributed by atoms with Crippen LogP contribution in [0.15, 0.2) is 0 Å². The summed E-state index contributed by atoms with van der Waals surface area (Å²) in [4.78, 5) is 9.14. The molecule has 0 amide bonds. The zero-order chi connectivity index (χ0) is 14.8. The minimum absolute atomic E-state index is 0.170. The lowest BCUT2D eigenvalue weighted by atomic mass is 9.96.